The lowest BCUT2D eigenvalue weighted by atomic mass is 9.99. The van der Waals surface area contributed by atoms with Crippen molar-refractivity contribution in [1.82, 2.24) is 24.6 Å². The molecule has 1 aliphatic heterocycles. The molecule has 0 amide bonds. The van der Waals surface area contributed by atoms with E-state index < -0.39 is 0 Å². The van der Waals surface area contributed by atoms with Crippen LogP contribution in [0.15, 0.2) is 55.0 Å². The van der Waals surface area contributed by atoms with E-state index in [1.807, 2.05) is 13.1 Å². The van der Waals surface area contributed by atoms with Crippen LogP contribution in [0.3, 0.4) is 0 Å². The standard InChI is InChI=1S/C24H29N7/c1-17-6-5-7-18(2)23(17)28-22-10-12-25-24(26-16-31(4)29-22)27-21-9-8-19-11-13-30(3)15-20(19)14-21/h5-10,12,14,16H,11,13,15H2,1-4H3,(H,25,27)(H,28,29). The van der Waals surface area contributed by atoms with Crippen LogP contribution in [0, 0.1) is 13.8 Å². The summed E-state index contributed by atoms with van der Waals surface area (Å²) in [5.41, 5.74) is 7.13. The molecule has 0 spiro atoms. The third-order valence-corrected chi connectivity index (χ3v) is 5.44. The van der Waals surface area contributed by atoms with Crippen molar-refractivity contribution in [2.45, 2.75) is 26.8 Å². The predicted octanol–water partition coefficient (Wildman–Crippen LogP) is 4.43. The molecule has 0 aliphatic carbocycles. The first-order valence-corrected chi connectivity index (χ1v) is 10.5. The van der Waals surface area contributed by atoms with Crippen molar-refractivity contribution in [2.24, 2.45) is 7.05 Å². The summed E-state index contributed by atoms with van der Waals surface area (Å²) in [6, 6.07) is 14.5. The minimum Gasteiger partial charge on any atom is -0.338 e. The zero-order chi connectivity index (χ0) is 21.8. The van der Waals surface area contributed by atoms with Crippen molar-refractivity contribution < 1.29 is 0 Å². The number of rotatable bonds is 4. The van der Waals surface area contributed by atoms with Crippen molar-refractivity contribution in [2.75, 3.05) is 24.2 Å². The van der Waals surface area contributed by atoms with E-state index in [0.717, 1.165) is 42.0 Å². The van der Waals surface area contributed by atoms with Crippen LogP contribution >= 0.6 is 0 Å². The summed E-state index contributed by atoms with van der Waals surface area (Å²) in [5, 5.41) is 11.3. The monoisotopic (exact) mass is 415 g/mol. The third kappa shape index (κ3) is 5.19. The summed E-state index contributed by atoms with van der Waals surface area (Å²) in [4.78, 5) is 11.3. The van der Waals surface area contributed by atoms with E-state index in [4.69, 9.17) is 0 Å². The van der Waals surface area contributed by atoms with E-state index in [1.165, 1.54) is 11.1 Å². The molecule has 0 fully saturated rings. The van der Waals surface area contributed by atoms with Gasteiger partial charge in [-0.1, -0.05) is 24.3 Å². The fourth-order valence-corrected chi connectivity index (χ4v) is 3.76. The van der Waals surface area contributed by atoms with Crippen molar-refractivity contribution in [1.29, 1.82) is 0 Å². The van der Waals surface area contributed by atoms with Gasteiger partial charge in [0.2, 0.25) is 5.95 Å². The molecule has 1 aliphatic rings. The van der Waals surface area contributed by atoms with Gasteiger partial charge in [-0.15, -0.1) is 0 Å². The number of nitrogens with one attached hydrogen (secondary N) is 2. The Hall–Kier alpha value is -3.45. The summed E-state index contributed by atoms with van der Waals surface area (Å²) in [6.45, 7) is 6.23. The summed E-state index contributed by atoms with van der Waals surface area (Å²) < 4.78 is 1.67. The number of aromatic nitrogens is 4. The first kappa shape index (κ1) is 20.8. The first-order chi connectivity index (χ1) is 15.0. The molecule has 7 nitrogen and oxygen atoms in total. The number of hydrogen-bond donors (Lipinski definition) is 2. The second kappa shape index (κ2) is 9.14. The highest BCUT2D eigenvalue weighted by Crippen LogP contribution is 2.24. The van der Waals surface area contributed by atoms with Crippen LogP contribution in [0.4, 0.5) is 23.1 Å². The second-order valence-electron chi connectivity index (χ2n) is 8.06. The van der Waals surface area contributed by atoms with Crippen LogP contribution < -0.4 is 10.6 Å². The molecular formula is C24H29N7. The molecule has 160 valence electrons. The van der Waals surface area contributed by atoms with Gasteiger partial charge in [-0.25, -0.2) is 9.97 Å². The van der Waals surface area contributed by atoms with Gasteiger partial charge in [-0.2, -0.15) is 5.10 Å². The highest BCUT2D eigenvalue weighted by molar-refractivity contribution is 5.64. The Labute approximate surface area is 183 Å². The molecule has 0 saturated heterocycles. The maximum atomic E-state index is 4.58. The Kier molecular flexibility index (Phi) is 6.13. The lowest BCUT2D eigenvalue weighted by molar-refractivity contribution is 0.313. The molecule has 2 N–H and O–H groups in total. The van der Waals surface area contributed by atoms with Crippen LogP contribution in [-0.2, 0) is 20.0 Å². The van der Waals surface area contributed by atoms with Crippen LogP contribution in [-0.4, -0.2) is 38.2 Å². The summed E-state index contributed by atoms with van der Waals surface area (Å²) in [5.74, 6) is 1.20. The Balaban J connectivity index is 1.60. The van der Waals surface area contributed by atoms with Crippen molar-refractivity contribution in [3.05, 3.63) is 77.2 Å². The normalized spacial score (nSPS) is 13.3. The van der Waals surface area contributed by atoms with Crippen molar-refractivity contribution >= 4 is 23.1 Å². The highest BCUT2D eigenvalue weighted by Gasteiger charge is 2.13. The Morgan fingerprint density at radius 3 is 2.52 bits per heavy atom. The van der Waals surface area contributed by atoms with Crippen LogP contribution in [0.2, 0.25) is 0 Å². The molecule has 3 aromatic rings. The number of benzene rings is 2. The first-order valence-electron chi connectivity index (χ1n) is 10.5. The summed E-state index contributed by atoms with van der Waals surface area (Å²) in [6.07, 6.45) is 4.45. The van der Waals surface area contributed by atoms with E-state index in [9.17, 15) is 0 Å². The fraction of sp³-hybridized carbons (Fsp3) is 0.292. The van der Waals surface area contributed by atoms with Crippen molar-refractivity contribution in [3.63, 3.8) is 0 Å². The lowest BCUT2D eigenvalue weighted by Gasteiger charge is -2.25. The maximum absolute atomic E-state index is 4.58. The molecule has 0 atom stereocenters. The zero-order valence-electron chi connectivity index (χ0n) is 18.6. The Morgan fingerprint density at radius 2 is 1.71 bits per heavy atom. The largest absolute Gasteiger partial charge is 0.338 e. The average Bonchev–Trinajstić information content (AvgIpc) is 2.81. The van der Waals surface area contributed by atoms with Crippen molar-refractivity contribution in [3.8, 4) is 0 Å². The molecular weight excluding hydrogens is 386 g/mol. The molecule has 0 radical (unpaired) electrons. The lowest BCUT2D eigenvalue weighted by Crippen LogP contribution is -2.26. The molecule has 0 saturated carbocycles. The minimum absolute atomic E-state index is 0.510. The number of hydrogen-bond acceptors (Lipinski definition) is 6. The van der Waals surface area contributed by atoms with E-state index in [-0.39, 0.29) is 0 Å². The second-order valence-corrected chi connectivity index (χ2v) is 8.06. The van der Waals surface area contributed by atoms with E-state index in [0.29, 0.717) is 11.8 Å². The van der Waals surface area contributed by atoms with Gasteiger partial charge in [-0.3, -0.25) is 4.68 Å². The van der Waals surface area contributed by atoms with Gasteiger partial charge in [0.05, 0.1) is 0 Å². The van der Waals surface area contributed by atoms with Gasteiger partial charge in [-0.05, 0) is 61.7 Å². The van der Waals surface area contributed by atoms with E-state index >= 15 is 0 Å². The Bertz CT molecular complexity index is 1110. The average molecular weight is 416 g/mol. The molecule has 31 heavy (non-hydrogen) atoms. The number of fused-ring (bicyclic) bond motifs is 1. The number of para-hydroxylation sites is 1. The predicted molar refractivity (Wildman–Crippen MR) is 125 cm³/mol. The topological polar surface area (TPSA) is 70.9 Å². The molecule has 2 heterocycles. The molecule has 0 bridgehead atoms. The SMILES string of the molecule is Cc1cccc(C)c1Nc1ccnc(Nc2ccc3c(c2)CN(C)CC3)ncn(C)n1. The number of anilines is 4. The van der Waals surface area contributed by atoms with Gasteiger partial charge in [0.1, 0.15) is 6.33 Å². The summed E-state index contributed by atoms with van der Waals surface area (Å²) in [7, 11) is 4.00. The minimum atomic E-state index is 0.510. The van der Waals surface area contributed by atoms with Gasteiger partial charge in [0, 0.05) is 43.8 Å². The number of likely N-dealkylation sites (N-methyl/N-ethyl adjacent to an activating group) is 1. The van der Waals surface area contributed by atoms with E-state index in [2.05, 4.69) is 87.9 Å². The smallest absolute Gasteiger partial charge is 0.228 e. The molecule has 1 aromatic heterocycles. The maximum Gasteiger partial charge on any atom is 0.228 e. The highest BCUT2D eigenvalue weighted by atomic mass is 15.3. The molecule has 0 unspecified atom stereocenters. The molecule has 4 rings (SSSR count). The number of aryl methyl sites for hydroxylation is 3. The van der Waals surface area contributed by atoms with Gasteiger partial charge in [0.25, 0.3) is 0 Å². The van der Waals surface area contributed by atoms with Gasteiger partial charge >= 0.3 is 0 Å². The van der Waals surface area contributed by atoms with Crippen LogP contribution in [0.5, 0.6) is 0 Å². The fourth-order valence-electron chi connectivity index (χ4n) is 3.76. The number of nitrogens with zero attached hydrogens (tertiary/aromatic N) is 5. The zero-order valence-corrected chi connectivity index (χ0v) is 18.6. The van der Waals surface area contributed by atoms with E-state index in [1.54, 1.807) is 17.2 Å². The Morgan fingerprint density at radius 1 is 0.903 bits per heavy atom. The summed E-state index contributed by atoms with van der Waals surface area (Å²) >= 11 is 0. The molecule has 2 aromatic carbocycles. The van der Waals surface area contributed by atoms with Gasteiger partial charge < -0.3 is 15.5 Å². The molecule has 7 heteroatoms. The van der Waals surface area contributed by atoms with Gasteiger partial charge in [0.15, 0.2) is 5.82 Å². The third-order valence-electron chi connectivity index (χ3n) is 5.44. The quantitative estimate of drug-likeness (QED) is 0.657. The van der Waals surface area contributed by atoms with Crippen LogP contribution in [0.25, 0.3) is 0 Å². The van der Waals surface area contributed by atoms with Crippen LogP contribution in [0.1, 0.15) is 22.3 Å².